The van der Waals surface area contributed by atoms with Crippen molar-refractivity contribution in [2.75, 3.05) is 6.61 Å². The number of carbonyl (C=O) groups is 2. The van der Waals surface area contributed by atoms with Crippen molar-refractivity contribution in [3.05, 3.63) is 11.5 Å². The van der Waals surface area contributed by atoms with Gasteiger partial charge in [0.1, 0.15) is 6.10 Å². The molecule has 0 aromatic carbocycles. The summed E-state index contributed by atoms with van der Waals surface area (Å²) in [6.45, 7) is 1.60. The quantitative estimate of drug-likeness (QED) is 0.126. The number of unbranched alkanes of at least 4 members (excludes halogenated alkanes) is 14. The van der Waals surface area contributed by atoms with Crippen LogP contribution in [0.15, 0.2) is 11.5 Å². The molecule has 0 saturated carbocycles. The van der Waals surface area contributed by atoms with E-state index in [9.17, 15) is 14.7 Å². The molecule has 0 aromatic heterocycles. The Balaban J connectivity index is 0. The average molecular weight is 483 g/mol. The van der Waals surface area contributed by atoms with E-state index in [2.05, 4.69) is 11.7 Å². The number of cyclic esters (lactones) is 1. The first-order valence-electron chi connectivity index (χ1n) is 12.2. The van der Waals surface area contributed by atoms with Crippen molar-refractivity contribution >= 4 is 11.9 Å². The molecule has 33 heavy (non-hydrogen) atoms. The van der Waals surface area contributed by atoms with E-state index in [0.717, 1.165) is 12.8 Å². The molecule has 188 valence electrons. The molecule has 0 fully saturated rings. The average Bonchev–Trinajstić information content (AvgIpc) is 3.03. The number of hydrogen-bond donors (Lipinski definition) is 4. The van der Waals surface area contributed by atoms with Crippen LogP contribution in [0, 0.1) is 0 Å². The van der Waals surface area contributed by atoms with Crippen LogP contribution in [0.1, 0.15) is 110 Å². The molecule has 0 unspecified atom stereocenters. The number of esters is 1. The topological polar surface area (TPSA) is 147 Å². The number of ether oxygens (including phenoxy) is 1. The van der Waals surface area contributed by atoms with Gasteiger partial charge in [-0.15, -0.1) is 0 Å². The molecule has 1 aliphatic heterocycles. The van der Waals surface area contributed by atoms with Gasteiger partial charge in [0.25, 0.3) is 0 Å². The van der Waals surface area contributed by atoms with Gasteiger partial charge in [-0.3, -0.25) is 0 Å². The summed E-state index contributed by atoms with van der Waals surface area (Å²) in [4.78, 5) is 20.8. The summed E-state index contributed by atoms with van der Waals surface area (Å²) in [7, 11) is 0. The monoisotopic (exact) mass is 482 g/mol. The van der Waals surface area contributed by atoms with Crippen LogP contribution < -0.4 is 34.7 Å². The minimum absolute atomic E-state index is 0. The summed E-state index contributed by atoms with van der Waals surface area (Å²) in [6, 6.07) is 0. The smallest absolute Gasteiger partial charge is 0.550 e. The van der Waals surface area contributed by atoms with Crippen molar-refractivity contribution in [3.63, 3.8) is 0 Å². The van der Waals surface area contributed by atoms with Gasteiger partial charge < -0.3 is 35.1 Å². The van der Waals surface area contributed by atoms with Gasteiger partial charge in [-0.25, -0.2) is 4.79 Å². The normalized spacial score (nSPS) is 16.0. The third-order valence-corrected chi connectivity index (χ3v) is 5.46. The number of aliphatic carboxylic acids is 1. The van der Waals surface area contributed by atoms with Crippen molar-refractivity contribution in [2.24, 2.45) is 0 Å². The second-order valence-corrected chi connectivity index (χ2v) is 8.38. The van der Waals surface area contributed by atoms with Crippen LogP contribution in [0.4, 0.5) is 0 Å². The van der Waals surface area contributed by atoms with Gasteiger partial charge in [-0.05, 0) is 12.8 Å². The SMILES string of the molecule is CCCCCCCCCCCCCCCCCC(=O)[O-].O=C1O[C@H]([C@@H](O)CO)C(O)=C1O.[Na+]. The van der Waals surface area contributed by atoms with E-state index < -0.39 is 42.3 Å². The summed E-state index contributed by atoms with van der Waals surface area (Å²) < 4.78 is 4.32. The van der Waals surface area contributed by atoms with Gasteiger partial charge in [0.2, 0.25) is 5.76 Å². The van der Waals surface area contributed by atoms with Gasteiger partial charge in [-0.1, -0.05) is 96.8 Å². The summed E-state index contributed by atoms with van der Waals surface area (Å²) >= 11 is 0. The standard InChI is InChI=1S/C18H36O2.C6H8O6.Na/c1-2-3-4-5-6-7-8-9-10-11-12-13-14-15-16-17-18(19)20;7-1-2(8)5-3(9)4(10)6(11)12-5;/h2-17H2,1H3,(H,19,20);2,5,7-10H,1H2;/q;;+1/p-1/t;2-,5+;/m.0./s1. The van der Waals surface area contributed by atoms with Crippen molar-refractivity contribution in [1.29, 1.82) is 0 Å². The molecule has 1 heterocycles. The van der Waals surface area contributed by atoms with Crippen molar-refractivity contribution in [2.45, 2.75) is 122 Å². The van der Waals surface area contributed by atoms with E-state index in [1.807, 2.05) is 0 Å². The fraction of sp³-hybridized carbons (Fsp3) is 0.833. The molecule has 8 nitrogen and oxygen atoms in total. The van der Waals surface area contributed by atoms with Crippen LogP contribution in [0.2, 0.25) is 0 Å². The maximum absolute atomic E-state index is 10.5. The Bertz CT molecular complexity index is 539. The number of aliphatic hydroxyl groups excluding tert-OH is 4. The molecule has 0 spiro atoms. The first-order valence-corrected chi connectivity index (χ1v) is 12.2. The van der Waals surface area contributed by atoms with Crippen LogP contribution in [-0.4, -0.2) is 51.2 Å². The van der Waals surface area contributed by atoms with E-state index in [-0.39, 0.29) is 36.0 Å². The molecule has 0 aromatic rings. The Morgan fingerprint density at radius 2 is 1.27 bits per heavy atom. The fourth-order valence-electron chi connectivity index (χ4n) is 3.46. The van der Waals surface area contributed by atoms with Crippen molar-refractivity contribution < 1.29 is 69.4 Å². The zero-order chi connectivity index (χ0) is 24.2. The summed E-state index contributed by atoms with van der Waals surface area (Å²) in [5.41, 5.74) is 0. The first-order chi connectivity index (χ1) is 15.3. The molecule has 0 saturated heterocycles. The van der Waals surface area contributed by atoms with E-state index >= 15 is 0 Å². The third-order valence-electron chi connectivity index (χ3n) is 5.46. The Labute approximate surface area is 220 Å². The second kappa shape index (κ2) is 23.0. The van der Waals surface area contributed by atoms with Crippen LogP contribution >= 0.6 is 0 Å². The molecular weight excluding hydrogens is 439 g/mol. The molecule has 0 bridgehead atoms. The zero-order valence-electron chi connectivity index (χ0n) is 20.6. The molecule has 1 rings (SSSR count). The number of hydrogen-bond acceptors (Lipinski definition) is 8. The number of aliphatic hydroxyl groups is 4. The van der Waals surface area contributed by atoms with Crippen LogP contribution in [0.3, 0.4) is 0 Å². The number of carbonyl (C=O) groups excluding carboxylic acids is 2. The maximum atomic E-state index is 10.5. The third kappa shape index (κ3) is 18.2. The molecule has 1 aliphatic rings. The van der Waals surface area contributed by atoms with E-state index in [1.54, 1.807) is 0 Å². The molecule has 0 amide bonds. The van der Waals surface area contributed by atoms with E-state index in [0.29, 0.717) is 0 Å². The molecule has 0 aliphatic carbocycles. The minimum atomic E-state index is -1.42. The van der Waals surface area contributed by atoms with Crippen LogP contribution in [0.5, 0.6) is 0 Å². The zero-order valence-corrected chi connectivity index (χ0v) is 22.6. The fourth-order valence-corrected chi connectivity index (χ4v) is 3.46. The van der Waals surface area contributed by atoms with Crippen molar-refractivity contribution in [3.8, 4) is 0 Å². The molecule has 9 heteroatoms. The number of carboxylic acids is 1. The van der Waals surface area contributed by atoms with Gasteiger partial charge in [-0.2, -0.15) is 0 Å². The second-order valence-electron chi connectivity index (χ2n) is 8.38. The van der Waals surface area contributed by atoms with Crippen LogP contribution in [0.25, 0.3) is 0 Å². The largest absolute Gasteiger partial charge is 1.00 e. The van der Waals surface area contributed by atoms with Crippen LogP contribution in [-0.2, 0) is 14.3 Å². The summed E-state index contributed by atoms with van der Waals surface area (Å²) in [5.74, 6) is -3.68. The predicted octanol–water partition coefficient (Wildman–Crippen LogP) is 0.594. The van der Waals surface area contributed by atoms with Gasteiger partial charge in [0.05, 0.1) is 6.61 Å². The molecule has 4 N–H and O–H groups in total. The molecule has 2 atom stereocenters. The Kier molecular flexibility index (Phi) is 23.9. The number of rotatable bonds is 18. The summed E-state index contributed by atoms with van der Waals surface area (Å²) in [6.07, 6.45) is 17.1. The van der Waals surface area contributed by atoms with E-state index in [4.69, 9.17) is 20.4 Å². The molecular formula is C24H43NaO8. The molecule has 0 radical (unpaired) electrons. The summed E-state index contributed by atoms with van der Waals surface area (Å²) in [5, 5.41) is 45.3. The Morgan fingerprint density at radius 3 is 1.58 bits per heavy atom. The van der Waals surface area contributed by atoms with Gasteiger partial charge in [0, 0.05) is 5.97 Å². The first kappa shape index (κ1) is 34.4. The maximum Gasteiger partial charge on any atom is 1.00 e. The Morgan fingerprint density at radius 1 is 0.879 bits per heavy atom. The Hall–Kier alpha value is -0.800. The minimum Gasteiger partial charge on any atom is -0.550 e. The van der Waals surface area contributed by atoms with Gasteiger partial charge >= 0.3 is 35.5 Å². The van der Waals surface area contributed by atoms with Crippen molar-refractivity contribution in [1.82, 2.24) is 0 Å². The predicted molar refractivity (Wildman–Crippen MR) is 120 cm³/mol. The van der Waals surface area contributed by atoms with Gasteiger partial charge in [0.15, 0.2) is 11.9 Å². The van der Waals surface area contributed by atoms with E-state index in [1.165, 1.54) is 83.5 Å². The number of carboxylic acid groups (broad SMARTS) is 1.